The molecule has 0 saturated carbocycles. The van der Waals surface area contributed by atoms with Crippen molar-refractivity contribution in [3.05, 3.63) is 47.0 Å². The minimum atomic E-state index is -0.367. The van der Waals surface area contributed by atoms with Crippen LogP contribution in [0.1, 0.15) is 32.4 Å². The smallest absolute Gasteiger partial charge is 0.244 e. The lowest BCUT2D eigenvalue weighted by Crippen LogP contribution is -2.39. The maximum absolute atomic E-state index is 12.2. The predicted molar refractivity (Wildman–Crippen MR) is 84.9 cm³/mol. The number of hydrogen-bond acceptors (Lipinski definition) is 3. The summed E-state index contributed by atoms with van der Waals surface area (Å²) < 4.78 is 2.59. The molecule has 0 radical (unpaired) electrons. The van der Waals surface area contributed by atoms with Crippen molar-refractivity contribution in [1.29, 1.82) is 0 Å². The summed E-state index contributed by atoms with van der Waals surface area (Å²) in [4.78, 5) is 16.0. The highest BCUT2D eigenvalue weighted by Crippen LogP contribution is 2.24. The number of nitrogens with zero attached hydrogens (tertiary/aromatic N) is 3. The standard InChI is InChI=1S/C15H19BrN4O/c1-11(20-10-17-9-19-20)14(21)18-8-15(2,3)12-4-6-13(16)7-5-12/h4-7,9-11H,8H2,1-3H3,(H,18,21)/t11-/m1/s1. The molecule has 1 aromatic heterocycles. The van der Waals surface area contributed by atoms with Crippen LogP contribution in [0.5, 0.6) is 0 Å². The fourth-order valence-corrected chi connectivity index (χ4v) is 2.26. The maximum atomic E-state index is 12.2. The van der Waals surface area contributed by atoms with Crippen LogP contribution in [0.25, 0.3) is 0 Å². The van der Waals surface area contributed by atoms with E-state index in [1.807, 2.05) is 12.1 Å². The lowest BCUT2D eigenvalue weighted by atomic mass is 9.84. The van der Waals surface area contributed by atoms with E-state index in [2.05, 4.69) is 57.3 Å². The molecule has 0 aliphatic carbocycles. The van der Waals surface area contributed by atoms with Crippen LogP contribution >= 0.6 is 15.9 Å². The zero-order chi connectivity index (χ0) is 15.5. The summed E-state index contributed by atoms with van der Waals surface area (Å²) in [5.41, 5.74) is 1.04. The maximum Gasteiger partial charge on any atom is 0.244 e. The lowest BCUT2D eigenvalue weighted by molar-refractivity contribution is -0.124. The summed E-state index contributed by atoms with van der Waals surface area (Å²) in [6.45, 7) is 6.58. The van der Waals surface area contributed by atoms with Crippen LogP contribution in [0.15, 0.2) is 41.4 Å². The molecule has 1 amide bonds. The number of amides is 1. The second-order valence-electron chi connectivity index (χ2n) is 5.66. The summed E-state index contributed by atoms with van der Waals surface area (Å²) in [6, 6.07) is 7.79. The molecule has 21 heavy (non-hydrogen) atoms. The molecule has 0 aliphatic heterocycles. The summed E-state index contributed by atoms with van der Waals surface area (Å²) in [7, 11) is 0. The molecule has 0 spiro atoms. The van der Waals surface area contributed by atoms with Gasteiger partial charge in [-0.1, -0.05) is 41.9 Å². The number of rotatable bonds is 5. The minimum absolute atomic E-state index is 0.0642. The third-order valence-electron chi connectivity index (χ3n) is 3.54. The third kappa shape index (κ3) is 3.91. The lowest BCUT2D eigenvalue weighted by Gasteiger charge is -2.26. The van der Waals surface area contributed by atoms with Gasteiger partial charge in [-0.05, 0) is 24.6 Å². The number of halogens is 1. The number of aromatic nitrogens is 3. The molecule has 2 aromatic rings. The van der Waals surface area contributed by atoms with Gasteiger partial charge in [-0.15, -0.1) is 0 Å². The first-order valence-corrected chi connectivity index (χ1v) is 7.57. The topological polar surface area (TPSA) is 59.8 Å². The van der Waals surface area contributed by atoms with E-state index in [0.717, 1.165) is 4.47 Å². The fraction of sp³-hybridized carbons (Fsp3) is 0.400. The average molecular weight is 351 g/mol. The monoisotopic (exact) mass is 350 g/mol. The number of nitrogens with one attached hydrogen (secondary N) is 1. The van der Waals surface area contributed by atoms with E-state index >= 15 is 0 Å². The Balaban J connectivity index is 1.98. The van der Waals surface area contributed by atoms with E-state index in [0.29, 0.717) is 6.54 Å². The van der Waals surface area contributed by atoms with Crippen molar-refractivity contribution < 1.29 is 4.79 Å². The zero-order valence-electron chi connectivity index (χ0n) is 12.4. The van der Waals surface area contributed by atoms with Gasteiger partial charge in [0, 0.05) is 16.4 Å². The summed E-state index contributed by atoms with van der Waals surface area (Å²) >= 11 is 3.43. The van der Waals surface area contributed by atoms with Crippen molar-refractivity contribution in [1.82, 2.24) is 20.1 Å². The summed E-state index contributed by atoms with van der Waals surface area (Å²) in [5.74, 6) is -0.0642. The van der Waals surface area contributed by atoms with Crippen molar-refractivity contribution in [3.8, 4) is 0 Å². The van der Waals surface area contributed by atoms with Gasteiger partial charge in [-0.3, -0.25) is 4.79 Å². The molecule has 1 heterocycles. The molecule has 0 aliphatic rings. The normalized spacial score (nSPS) is 13.0. The van der Waals surface area contributed by atoms with Gasteiger partial charge >= 0.3 is 0 Å². The van der Waals surface area contributed by atoms with Gasteiger partial charge in [-0.2, -0.15) is 5.10 Å². The first kappa shape index (κ1) is 15.7. The molecule has 0 unspecified atom stereocenters. The molecular weight excluding hydrogens is 332 g/mol. The van der Waals surface area contributed by atoms with Crippen molar-refractivity contribution in [2.75, 3.05) is 6.54 Å². The van der Waals surface area contributed by atoms with Gasteiger partial charge < -0.3 is 5.32 Å². The minimum Gasteiger partial charge on any atom is -0.353 e. The van der Waals surface area contributed by atoms with E-state index in [1.54, 1.807) is 17.9 Å². The number of hydrogen-bond donors (Lipinski definition) is 1. The number of carbonyl (C=O) groups excluding carboxylic acids is 1. The third-order valence-corrected chi connectivity index (χ3v) is 4.07. The van der Waals surface area contributed by atoms with Crippen LogP contribution in [0.2, 0.25) is 0 Å². The molecule has 2 rings (SSSR count). The largest absolute Gasteiger partial charge is 0.353 e. The number of benzene rings is 1. The Bertz CT molecular complexity index is 593. The zero-order valence-corrected chi connectivity index (χ0v) is 14.0. The van der Waals surface area contributed by atoms with Gasteiger partial charge in [0.25, 0.3) is 0 Å². The highest BCUT2D eigenvalue weighted by atomic mass is 79.9. The SMILES string of the molecule is C[C@H](C(=O)NCC(C)(C)c1ccc(Br)cc1)n1cncn1. The molecular formula is C15H19BrN4O. The Hall–Kier alpha value is -1.69. The Kier molecular flexibility index (Phi) is 4.77. The molecule has 0 saturated heterocycles. The summed E-state index contributed by atoms with van der Waals surface area (Å²) in [6.07, 6.45) is 2.97. The van der Waals surface area contributed by atoms with E-state index < -0.39 is 0 Å². The molecule has 1 atom stereocenters. The average Bonchev–Trinajstić information content (AvgIpc) is 2.98. The summed E-state index contributed by atoms with van der Waals surface area (Å²) in [5, 5.41) is 6.97. The number of carbonyl (C=O) groups is 1. The van der Waals surface area contributed by atoms with Crippen LogP contribution in [0, 0.1) is 0 Å². The van der Waals surface area contributed by atoms with Crippen molar-refractivity contribution in [2.45, 2.75) is 32.2 Å². The Morgan fingerprint density at radius 1 is 1.38 bits per heavy atom. The molecule has 1 N–H and O–H groups in total. The molecule has 5 nitrogen and oxygen atoms in total. The van der Waals surface area contributed by atoms with Gasteiger partial charge in [-0.25, -0.2) is 9.67 Å². The molecule has 0 bridgehead atoms. The Morgan fingerprint density at radius 2 is 2.05 bits per heavy atom. The van der Waals surface area contributed by atoms with Crippen LogP contribution in [0.3, 0.4) is 0 Å². The first-order chi connectivity index (χ1) is 9.90. The fourth-order valence-electron chi connectivity index (χ4n) is 2.00. The molecule has 1 aromatic carbocycles. The van der Waals surface area contributed by atoms with E-state index in [-0.39, 0.29) is 17.4 Å². The highest BCUT2D eigenvalue weighted by molar-refractivity contribution is 9.10. The van der Waals surface area contributed by atoms with Gasteiger partial charge in [0.1, 0.15) is 18.7 Å². The van der Waals surface area contributed by atoms with Gasteiger partial charge in [0.2, 0.25) is 5.91 Å². The van der Waals surface area contributed by atoms with Crippen LogP contribution < -0.4 is 5.32 Å². The molecule has 0 fully saturated rings. The van der Waals surface area contributed by atoms with Crippen LogP contribution in [-0.2, 0) is 10.2 Å². The second-order valence-corrected chi connectivity index (χ2v) is 6.58. The van der Waals surface area contributed by atoms with Crippen molar-refractivity contribution in [3.63, 3.8) is 0 Å². The molecule has 6 heteroatoms. The first-order valence-electron chi connectivity index (χ1n) is 6.78. The molecule has 112 valence electrons. The van der Waals surface area contributed by atoms with Crippen LogP contribution in [0.4, 0.5) is 0 Å². The Morgan fingerprint density at radius 3 is 2.62 bits per heavy atom. The van der Waals surface area contributed by atoms with E-state index in [1.165, 1.54) is 11.9 Å². The van der Waals surface area contributed by atoms with E-state index in [4.69, 9.17) is 0 Å². The highest BCUT2D eigenvalue weighted by Gasteiger charge is 2.23. The second kappa shape index (κ2) is 6.39. The quantitative estimate of drug-likeness (QED) is 0.901. The van der Waals surface area contributed by atoms with Crippen LogP contribution in [-0.4, -0.2) is 27.2 Å². The van der Waals surface area contributed by atoms with Crippen molar-refractivity contribution >= 4 is 21.8 Å². The van der Waals surface area contributed by atoms with Gasteiger partial charge in [0.05, 0.1) is 0 Å². The predicted octanol–water partition coefficient (Wildman–Crippen LogP) is 2.70. The van der Waals surface area contributed by atoms with Gasteiger partial charge in [0.15, 0.2) is 0 Å². The van der Waals surface area contributed by atoms with E-state index in [9.17, 15) is 4.79 Å². The van der Waals surface area contributed by atoms with Crippen molar-refractivity contribution in [2.24, 2.45) is 0 Å². The Labute approximate surface area is 132 Å².